The first kappa shape index (κ1) is 19.3. The van der Waals surface area contributed by atoms with Crippen molar-refractivity contribution in [2.24, 2.45) is 0 Å². The van der Waals surface area contributed by atoms with Gasteiger partial charge in [-0.3, -0.25) is 4.79 Å². The fourth-order valence-corrected chi connectivity index (χ4v) is 3.35. The number of carbonyl (C=O) groups is 1. The lowest BCUT2D eigenvalue weighted by Gasteiger charge is -2.14. The number of benzene rings is 2. The number of carbonyl (C=O) groups excluding carboxylic acids is 1. The highest BCUT2D eigenvalue weighted by atomic mass is 32.2. The Kier molecular flexibility index (Phi) is 5.55. The van der Waals surface area contributed by atoms with Crippen molar-refractivity contribution in [3.8, 4) is 0 Å². The number of amides is 1. The van der Waals surface area contributed by atoms with Crippen molar-refractivity contribution >= 4 is 38.9 Å². The lowest BCUT2D eigenvalue weighted by atomic mass is 10.2. The normalized spacial score (nSPS) is 10.9. The number of sulfone groups is 1. The maximum absolute atomic E-state index is 12.2. The third-order valence-electron chi connectivity index (χ3n) is 3.83. The van der Waals surface area contributed by atoms with Gasteiger partial charge in [0.15, 0.2) is 9.84 Å². The molecular formula is C19H19N5O3S. The molecule has 1 amide bonds. The smallest absolute Gasteiger partial charge is 0.256 e. The van der Waals surface area contributed by atoms with E-state index in [1.807, 2.05) is 30.3 Å². The summed E-state index contributed by atoms with van der Waals surface area (Å²) in [6, 6.07) is 15.7. The summed E-state index contributed by atoms with van der Waals surface area (Å²) in [6.45, 7) is 0. The van der Waals surface area contributed by atoms with Gasteiger partial charge < -0.3 is 16.0 Å². The second-order valence-corrected chi connectivity index (χ2v) is 7.90. The Morgan fingerprint density at radius 3 is 2.32 bits per heavy atom. The molecule has 0 aliphatic heterocycles. The van der Waals surface area contributed by atoms with Crippen molar-refractivity contribution in [2.45, 2.75) is 4.90 Å². The topological polar surface area (TPSA) is 113 Å². The van der Waals surface area contributed by atoms with Crippen LogP contribution in [0.25, 0.3) is 0 Å². The van der Waals surface area contributed by atoms with Gasteiger partial charge >= 0.3 is 0 Å². The third kappa shape index (κ3) is 4.44. The Balaban J connectivity index is 2.03. The van der Waals surface area contributed by atoms with Crippen LogP contribution in [-0.4, -0.2) is 37.6 Å². The molecule has 3 N–H and O–H groups in total. The minimum Gasteiger partial charge on any atom is -0.355 e. The van der Waals surface area contributed by atoms with Crippen LogP contribution in [0.3, 0.4) is 0 Å². The Labute approximate surface area is 163 Å². The van der Waals surface area contributed by atoms with Crippen molar-refractivity contribution in [3.05, 3.63) is 66.4 Å². The molecule has 0 spiro atoms. The number of nitrogens with zero attached hydrogens (tertiary/aromatic N) is 2. The van der Waals surface area contributed by atoms with Crippen LogP contribution in [0, 0.1) is 0 Å². The van der Waals surface area contributed by atoms with E-state index in [4.69, 9.17) is 0 Å². The maximum atomic E-state index is 12.2. The van der Waals surface area contributed by atoms with Gasteiger partial charge in [0.05, 0.1) is 10.6 Å². The largest absolute Gasteiger partial charge is 0.355 e. The number of para-hydroxylation sites is 2. The summed E-state index contributed by atoms with van der Waals surface area (Å²) in [5, 5.41) is 8.53. The molecule has 2 aromatic carbocycles. The molecule has 0 bridgehead atoms. The number of hydrogen-bond donors (Lipinski definition) is 3. The minimum absolute atomic E-state index is 0.106. The van der Waals surface area contributed by atoms with E-state index in [0.29, 0.717) is 5.69 Å². The molecule has 0 fully saturated rings. The molecule has 0 radical (unpaired) electrons. The molecule has 8 nitrogen and oxygen atoms in total. The van der Waals surface area contributed by atoms with Crippen LogP contribution >= 0.6 is 0 Å². The first-order valence-corrected chi connectivity index (χ1v) is 10.2. The van der Waals surface area contributed by atoms with E-state index < -0.39 is 15.7 Å². The summed E-state index contributed by atoms with van der Waals surface area (Å²) in [5.74, 6) is 0.0488. The lowest BCUT2D eigenvalue weighted by molar-refractivity contribution is 0.0963. The number of anilines is 4. The number of aromatic nitrogens is 2. The lowest BCUT2D eigenvalue weighted by Crippen LogP contribution is -2.20. The molecule has 0 aliphatic carbocycles. The van der Waals surface area contributed by atoms with E-state index in [1.165, 1.54) is 19.3 Å². The monoisotopic (exact) mass is 397 g/mol. The van der Waals surface area contributed by atoms with Crippen molar-refractivity contribution in [2.75, 3.05) is 23.9 Å². The maximum Gasteiger partial charge on any atom is 0.256 e. The number of rotatable bonds is 6. The van der Waals surface area contributed by atoms with Crippen LogP contribution in [0.15, 0.2) is 65.7 Å². The van der Waals surface area contributed by atoms with Crippen LogP contribution in [0.5, 0.6) is 0 Å². The van der Waals surface area contributed by atoms with E-state index in [9.17, 15) is 13.2 Å². The molecule has 9 heteroatoms. The van der Waals surface area contributed by atoms with Crippen LogP contribution in [0.4, 0.5) is 23.1 Å². The summed E-state index contributed by atoms with van der Waals surface area (Å²) in [6.07, 6.45) is 2.50. The van der Waals surface area contributed by atoms with Gasteiger partial charge in [-0.15, -0.1) is 0 Å². The van der Waals surface area contributed by atoms with Gasteiger partial charge in [0.2, 0.25) is 5.95 Å². The third-order valence-corrected chi connectivity index (χ3v) is 4.98. The molecule has 0 aliphatic rings. The molecule has 3 rings (SSSR count). The summed E-state index contributed by atoms with van der Waals surface area (Å²) in [5.41, 5.74) is 1.28. The van der Waals surface area contributed by atoms with Gasteiger partial charge in [0, 0.05) is 25.2 Å². The van der Waals surface area contributed by atoms with Gasteiger partial charge in [0.1, 0.15) is 11.4 Å². The van der Waals surface area contributed by atoms with Crippen molar-refractivity contribution < 1.29 is 13.2 Å². The van der Waals surface area contributed by atoms with Crippen molar-refractivity contribution in [1.82, 2.24) is 15.3 Å². The Morgan fingerprint density at radius 1 is 0.964 bits per heavy atom. The van der Waals surface area contributed by atoms with Gasteiger partial charge in [-0.05, 0) is 24.3 Å². The summed E-state index contributed by atoms with van der Waals surface area (Å²) in [7, 11) is -1.98. The zero-order chi connectivity index (χ0) is 20.1. The average molecular weight is 397 g/mol. The average Bonchev–Trinajstić information content (AvgIpc) is 2.68. The first-order valence-electron chi connectivity index (χ1n) is 8.36. The molecule has 0 atom stereocenters. The predicted octanol–water partition coefficient (Wildman–Crippen LogP) is 2.73. The molecule has 1 aromatic heterocycles. The highest BCUT2D eigenvalue weighted by molar-refractivity contribution is 7.90. The summed E-state index contributed by atoms with van der Waals surface area (Å²) < 4.78 is 24.1. The zero-order valence-corrected chi connectivity index (χ0v) is 16.1. The highest BCUT2D eigenvalue weighted by Crippen LogP contribution is 2.26. The van der Waals surface area contributed by atoms with Gasteiger partial charge in [0.25, 0.3) is 5.91 Å². The summed E-state index contributed by atoms with van der Waals surface area (Å²) in [4.78, 5) is 20.9. The van der Waals surface area contributed by atoms with Crippen molar-refractivity contribution in [3.63, 3.8) is 0 Å². The van der Waals surface area contributed by atoms with Gasteiger partial charge in [-0.25, -0.2) is 13.4 Å². The minimum atomic E-state index is -3.47. The van der Waals surface area contributed by atoms with Crippen LogP contribution in [0.2, 0.25) is 0 Å². The van der Waals surface area contributed by atoms with Gasteiger partial charge in [-0.1, -0.05) is 30.3 Å². The van der Waals surface area contributed by atoms with Crippen LogP contribution in [0.1, 0.15) is 10.4 Å². The first-order chi connectivity index (χ1) is 13.4. The van der Waals surface area contributed by atoms with Gasteiger partial charge in [-0.2, -0.15) is 4.98 Å². The fraction of sp³-hybridized carbons (Fsp3) is 0.105. The zero-order valence-electron chi connectivity index (χ0n) is 15.3. The molecular weight excluding hydrogens is 378 g/mol. The van der Waals surface area contributed by atoms with E-state index >= 15 is 0 Å². The Bertz CT molecular complexity index is 1100. The Hall–Kier alpha value is -3.46. The van der Waals surface area contributed by atoms with E-state index in [2.05, 4.69) is 25.9 Å². The van der Waals surface area contributed by atoms with E-state index in [0.717, 1.165) is 11.9 Å². The van der Waals surface area contributed by atoms with E-state index in [1.54, 1.807) is 18.2 Å². The molecule has 3 aromatic rings. The molecule has 0 saturated heterocycles. The van der Waals surface area contributed by atoms with E-state index in [-0.39, 0.29) is 22.2 Å². The standard InChI is InChI=1S/C19H19N5O3S/c1-20-18(25)14-12-21-19(22-13-8-4-3-5-9-13)24-17(14)23-15-10-6-7-11-16(15)28(2,26)27/h3-12H,1-2H3,(H,20,25)(H2,21,22,23,24). The summed E-state index contributed by atoms with van der Waals surface area (Å²) >= 11 is 0. The number of hydrogen-bond acceptors (Lipinski definition) is 7. The van der Waals surface area contributed by atoms with Crippen molar-refractivity contribution in [1.29, 1.82) is 0 Å². The molecule has 0 unspecified atom stereocenters. The SMILES string of the molecule is CNC(=O)c1cnc(Nc2ccccc2)nc1Nc1ccccc1S(C)(=O)=O. The highest BCUT2D eigenvalue weighted by Gasteiger charge is 2.18. The predicted molar refractivity (Wildman–Crippen MR) is 108 cm³/mol. The quantitative estimate of drug-likeness (QED) is 0.586. The Morgan fingerprint density at radius 2 is 1.64 bits per heavy atom. The molecule has 144 valence electrons. The second kappa shape index (κ2) is 8.05. The molecule has 1 heterocycles. The van der Waals surface area contributed by atoms with Crippen LogP contribution in [-0.2, 0) is 9.84 Å². The molecule has 0 saturated carbocycles. The number of nitrogens with one attached hydrogen (secondary N) is 3. The molecule has 28 heavy (non-hydrogen) atoms. The fourth-order valence-electron chi connectivity index (χ4n) is 2.51. The van der Waals surface area contributed by atoms with Crippen LogP contribution < -0.4 is 16.0 Å². The second-order valence-electron chi connectivity index (χ2n) is 5.92.